The molecule has 0 bridgehead atoms. The van der Waals surface area contributed by atoms with Crippen molar-refractivity contribution in [3.8, 4) is 0 Å². The smallest absolute Gasteiger partial charge is 0.0107 e. The lowest BCUT2D eigenvalue weighted by atomic mass is 9.71. The highest BCUT2D eigenvalue weighted by Crippen LogP contribution is 2.37. The van der Waals surface area contributed by atoms with Crippen LogP contribution in [0.4, 0.5) is 0 Å². The van der Waals surface area contributed by atoms with E-state index in [0.29, 0.717) is 11.5 Å². The first-order valence-electron chi connectivity index (χ1n) is 8.28. The molecule has 0 amide bonds. The van der Waals surface area contributed by atoms with E-state index in [4.69, 9.17) is 0 Å². The van der Waals surface area contributed by atoms with Gasteiger partial charge in [0.15, 0.2) is 0 Å². The molecule has 0 radical (unpaired) electrons. The van der Waals surface area contributed by atoms with Gasteiger partial charge < -0.3 is 10.2 Å². The summed E-state index contributed by atoms with van der Waals surface area (Å²) in [6, 6.07) is 1.47. The fraction of sp³-hybridized carbons (Fsp3) is 1.00. The van der Waals surface area contributed by atoms with E-state index in [1.807, 2.05) is 0 Å². The van der Waals surface area contributed by atoms with Gasteiger partial charge in [0.1, 0.15) is 0 Å². The lowest BCUT2D eigenvalue weighted by molar-refractivity contribution is 0.157. The van der Waals surface area contributed by atoms with Crippen LogP contribution in [0.2, 0.25) is 0 Å². The van der Waals surface area contributed by atoms with Gasteiger partial charge in [0.2, 0.25) is 0 Å². The van der Waals surface area contributed by atoms with E-state index in [1.165, 1.54) is 38.6 Å². The molecular formula is C17H36N2. The first-order valence-corrected chi connectivity index (χ1v) is 8.28. The van der Waals surface area contributed by atoms with E-state index in [0.717, 1.165) is 18.5 Å². The SMILES string of the molecule is CCC(C)N(C)CCNC1CCC(C(C)(C)C)CC1. The third-order valence-electron chi connectivity index (χ3n) is 5.19. The fourth-order valence-electron chi connectivity index (χ4n) is 3.14. The summed E-state index contributed by atoms with van der Waals surface area (Å²) in [6.07, 6.45) is 6.79. The molecule has 0 aromatic rings. The minimum absolute atomic E-state index is 0.502. The second kappa shape index (κ2) is 7.64. The van der Waals surface area contributed by atoms with Gasteiger partial charge in [0, 0.05) is 25.2 Å². The second-order valence-corrected chi connectivity index (χ2v) is 7.61. The van der Waals surface area contributed by atoms with E-state index in [1.54, 1.807) is 0 Å². The van der Waals surface area contributed by atoms with E-state index in [9.17, 15) is 0 Å². The minimum atomic E-state index is 0.502. The molecule has 2 nitrogen and oxygen atoms in total. The molecule has 1 unspecified atom stereocenters. The topological polar surface area (TPSA) is 15.3 Å². The Morgan fingerprint density at radius 2 is 1.74 bits per heavy atom. The molecule has 1 atom stereocenters. The fourth-order valence-corrected chi connectivity index (χ4v) is 3.14. The molecule has 0 aromatic carbocycles. The Morgan fingerprint density at radius 1 is 1.16 bits per heavy atom. The van der Waals surface area contributed by atoms with Crippen molar-refractivity contribution >= 4 is 0 Å². The maximum absolute atomic E-state index is 3.76. The molecule has 1 saturated carbocycles. The van der Waals surface area contributed by atoms with Gasteiger partial charge in [-0.2, -0.15) is 0 Å². The van der Waals surface area contributed by atoms with Crippen LogP contribution < -0.4 is 5.32 Å². The van der Waals surface area contributed by atoms with Crippen molar-refractivity contribution in [2.75, 3.05) is 20.1 Å². The van der Waals surface area contributed by atoms with E-state index in [-0.39, 0.29) is 0 Å². The van der Waals surface area contributed by atoms with Gasteiger partial charge in [0.25, 0.3) is 0 Å². The third-order valence-corrected chi connectivity index (χ3v) is 5.19. The summed E-state index contributed by atoms with van der Waals surface area (Å²) in [6.45, 7) is 14.1. The number of nitrogens with zero attached hydrogens (tertiary/aromatic N) is 1. The Bertz CT molecular complexity index is 236. The maximum atomic E-state index is 3.76. The van der Waals surface area contributed by atoms with E-state index in [2.05, 4.69) is 51.9 Å². The van der Waals surface area contributed by atoms with Crippen molar-refractivity contribution in [1.29, 1.82) is 0 Å². The summed E-state index contributed by atoms with van der Waals surface area (Å²) < 4.78 is 0. The molecule has 2 heteroatoms. The van der Waals surface area contributed by atoms with Crippen LogP contribution in [0, 0.1) is 11.3 Å². The second-order valence-electron chi connectivity index (χ2n) is 7.61. The van der Waals surface area contributed by atoms with Gasteiger partial charge >= 0.3 is 0 Å². The Hall–Kier alpha value is -0.0800. The summed E-state index contributed by atoms with van der Waals surface area (Å²) in [4.78, 5) is 2.47. The van der Waals surface area contributed by atoms with E-state index >= 15 is 0 Å². The van der Waals surface area contributed by atoms with Gasteiger partial charge in [-0.3, -0.25) is 0 Å². The number of rotatable bonds is 6. The number of hydrogen-bond donors (Lipinski definition) is 1. The first kappa shape index (κ1) is 17.0. The summed E-state index contributed by atoms with van der Waals surface area (Å²) >= 11 is 0. The molecule has 0 aromatic heterocycles. The molecular weight excluding hydrogens is 232 g/mol. The van der Waals surface area contributed by atoms with Crippen LogP contribution >= 0.6 is 0 Å². The van der Waals surface area contributed by atoms with Crippen LogP contribution in [0.5, 0.6) is 0 Å². The predicted octanol–water partition coefficient (Wildman–Crippen LogP) is 3.91. The maximum Gasteiger partial charge on any atom is 0.0107 e. The van der Waals surface area contributed by atoms with E-state index < -0.39 is 0 Å². The van der Waals surface area contributed by atoms with Crippen LogP contribution in [0.3, 0.4) is 0 Å². The van der Waals surface area contributed by atoms with Crippen LogP contribution in [0.25, 0.3) is 0 Å². The average molecular weight is 268 g/mol. The summed E-state index contributed by atoms with van der Waals surface area (Å²) in [5.74, 6) is 0.924. The molecule has 0 spiro atoms. The van der Waals surface area contributed by atoms with Crippen LogP contribution in [-0.4, -0.2) is 37.1 Å². The largest absolute Gasteiger partial charge is 0.313 e. The van der Waals surface area contributed by atoms with Crippen molar-refractivity contribution in [3.63, 3.8) is 0 Å². The van der Waals surface area contributed by atoms with Crippen LogP contribution in [0.15, 0.2) is 0 Å². The normalized spacial score (nSPS) is 26.7. The molecule has 0 heterocycles. The highest BCUT2D eigenvalue weighted by molar-refractivity contribution is 4.83. The zero-order chi connectivity index (χ0) is 14.5. The molecule has 1 fully saturated rings. The molecule has 114 valence electrons. The Labute approximate surface area is 121 Å². The Balaban J connectivity index is 2.16. The molecule has 0 saturated heterocycles. The molecule has 1 aliphatic carbocycles. The van der Waals surface area contributed by atoms with Gasteiger partial charge in [-0.1, -0.05) is 27.7 Å². The van der Waals surface area contributed by atoms with Gasteiger partial charge in [-0.25, -0.2) is 0 Å². The van der Waals surface area contributed by atoms with Crippen molar-refractivity contribution in [2.24, 2.45) is 11.3 Å². The van der Waals surface area contributed by atoms with Crippen molar-refractivity contribution in [1.82, 2.24) is 10.2 Å². The Kier molecular flexibility index (Phi) is 6.82. The van der Waals surface area contributed by atoms with Gasteiger partial charge in [-0.15, -0.1) is 0 Å². The predicted molar refractivity (Wildman–Crippen MR) is 85.6 cm³/mol. The Morgan fingerprint density at radius 3 is 2.21 bits per heavy atom. The van der Waals surface area contributed by atoms with Crippen molar-refractivity contribution in [2.45, 2.75) is 78.8 Å². The highest BCUT2D eigenvalue weighted by Gasteiger charge is 2.29. The molecule has 1 aliphatic rings. The number of hydrogen-bond acceptors (Lipinski definition) is 2. The highest BCUT2D eigenvalue weighted by atomic mass is 15.1. The van der Waals surface area contributed by atoms with Gasteiger partial charge in [0.05, 0.1) is 0 Å². The monoisotopic (exact) mass is 268 g/mol. The van der Waals surface area contributed by atoms with Gasteiger partial charge in [-0.05, 0) is 57.4 Å². The standard InChI is InChI=1S/C17H36N2/c1-7-14(2)19(6)13-12-18-16-10-8-15(9-11-16)17(3,4)5/h14-16,18H,7-13H2,1-6H3. The van der Waals surface area contributed by atoms with Crippen LogP contribution in [0.1, 0.15) is 66.7 Å². The molecule has 19 heavy (non-hydrogen) atoms. The number of likely N-dealkylation sites (N-methyl/N-ethyl adjacent to an activating group) is 1. The van der Waals surface area contributed by atoms with Crippen molar-refractivity contribution < 1.29 is 0 Å². The zero-order valence-corrected chi connectivity index (χ0v) is 14.1. The number of nitrogens with one attached hydrogen (secondary N) is 1. The molecule has 0 aliphatic heterocycles. The minimum Gasteiger partial charge on any atom is -0.313 e. The molecule has 1 rings (SSSR count). The zero-order valence-electron chi connectivity index (χ0n) is 14.1. The lowest BCUT2D eigenvalue weighted by Crippen LogP contribution is -2.41. The van der Waals surface area contributed by atoms with Crippen molar-refractivity contribution in [3.05, 3.63) is 0 Å². The third kappa shape index (κ3) is 5.83. The first-order chi connectivity index (χ1) is 8.84. The summed E-state index contributed by atoms with van der Waals surface area (Å²) in [7, 11) is 2.24. The average Bonchev–Trinajstić information content (AvgIpc) is 2.37. The lowest BCUT2D eigenvalue weighted by Gasteiger charge is -2.37. The van der Waals surface area contributed by atoms with Crippen LogP contribution in [-0.2, 0) is 0 Å². The summed E-state index contributed by atoms with van der Waals surface area (Å²) in [5.41, 5.74) is 0.502. The quantitative estimate of drug-likeness (QED) is 0.785. The summed E-state index contributed by atoms with van der Waals surface area (Å²) in [5, 5.41) is 3.76. The molecule has 1 N–H and O–H groups in total.